The minimum Gasteiger partial charge on any atom is -0.324 e. The Labute approximate surface area is 117 Å². The van der Waals surface area contributed by atoms with Gasteiger partial charge in [0, 0.05) is 17.7 Å². The quantitative estimate of drug-likeness (QED) is 0.924. The molecule has 0 radical (unpaired) electrons. The number of nitrogens with one attached hydrogen (secondary N) is 1. The SMILES string of the molecule is CSC1(Cc2ccccc2)C(=O)Nc2ccccc21. The second kappa shape index (κ2) is 4.74. The van der Waals surface area contributed by atoms with Gasteiger partial charge in [0.25, 0.3) is 0 Å². The molecule has 0 aromatic heterocycles. The molecule has 3 rings (SSSR count). The first-order valence-electron chi connectivity index (χ1n) is 6.26. The molecule has 0 fully saturated rings. The van der Waals surface area contributed by atoms with Gasteiger partial charge in [0.1, 0.15) is 4.75 Å². The Morgan fingerprint density at radius 3 is 2.47 bits per heavy atom. The van der Waals surface area contributed by atoms with Crippen LogP contribution in [0.3, 0.4) is 0 Å². The summed E-state index contributed by atoms with van der Waals surface area (Å²) < 4.78 is -0.502. The first-order chi connectivity index (χ1) is 9.26. The molecular weight excluding hydrogens is 254 g/mol. The van der Waals surface area contributed by atoms with E-state index >= 15 is 0 Å². The highest BCUT2D eigenvalue weighted by Gasteiger charge is 2.46. The molecule has 1 unspecified atom stereocenters. The van der Waals surface area contributed by atoms with Gasteiger partial charge in [0.05, 0.1) is 0 Å². The summed E-state index contributed by atoms with van der Waals surface area (Å²) in [6.07, 6.45) is 2.72. The van der Waals surface area contributed by atoms with E-state index in [2.05, 4.69) is 17.4 Å². The largest absolute Gasteiger partial charge is 0.324 e. The molecule has 19 heavy (non-hydrogen) atoms. The number of anilines is 1. The molecule has 1 amide bonds. The summed E-state index contributed by atoms with van der Waals surface area (Å²) >= 11 is 1.61. The van der Waals surface area contributed by atoms with Gasteiger partial charge in [0.15, 0.2) is 0 Å². The van der Waals surface area contributed by atoms with Gasteiger partial charge < -0.3 is 5.32 Å². The fourth-order valence-corrected chi connectivity index (χ4v) is 3.57. The zero-order valence-electron chi connectivity index (χ0n) is 10.7. The van der Waals surface area contributed by atoms with E-state index in [1.807, 2.05) is 48.7 Å². The van der Waals surface area contributed by atoms with Crippen LogP contribution in [0, 0.1) is 0 Å². The summed E-state index contributed by atoms with van der Waals surface area (Å²) in [6.45, 7) is 0. The van der Waals surface area contributed by atoms with Crippen molar-refractivity contribution in [3.63, 3.8) is 0 Å². The number of para-hydroxylation sites is 1. The van der Waals surface area contributed by atoms with Gasteiger partial charge in [-0.05, 0) is 17.9 Å². The molecule has 1 aliphatic rings. The second-order valence-corrected chi connectivity index (χ2v) is 5.80. The molecule has 1 heterocycles. The maximum atomic E-state index is 12.5. The van der Waals surface area contributed by atoms with Crippen molar-refractivity contribution in [1.82, 2.24) is 0 Å². The van der Waals surface area contributed by atoms with E-state index in [9.17, 15) is 4.79 Å². The van der Waals surface area contributed by atoms with Crippen molar-refractivity contribution in [3.05, 3.63) is 65.7 Å². The molecule has 0 saturated heterocycles. The zero-order valence-corrected chi connectivity index (χ0v) is 11.5. The van der Waals surface area contributed by atoms with Gasteiger partial charge in [-0.2, -0.15) is 0 Å². The van der Waals surface area contributed by atoms with Crippen LogP contribution in [-0.4, -0.2) is 12.2 Å². The summed E-state index contributed by atoms with van der Waals surface area (Å²) in [5, 5.41) is 3.00. The Hall–Kier alpha value is -1.74. The van der Waals surface area contributed by atoms with Crippen LogP contribution < -0.4 is 5.32 Å². The lowest BCUT2D eigenvalue weighted by Crippen LogP contribution is -2.33. The number of hydrogen-bond acceptors (Lipinski definition) is 2. The third-order valence-electron chi connectivity index (χ3n) is 3.62. The van der Waals surface area contributed by atoms with Crippen LogP contribution in [0.1, 0.15) is 11.1 Å². The number of carbonyl (C=O) groups excluding carboxylic acids is 1. The number of benzene rings is 2. The number of hydrogen-bond donors (Lipinski definition) is 1. The highest BCUT2D eigenvalue weighted by molar-refractivity contribution is 8.00. The van der Waals surface area contributed by atoms with Gasteiger partial charge in [-0.25, -0.2) is 0 Å². The highest BCUT2D eigenvalue weighted by atomic mass is 32.2. The van der Waals surface area contributed by atoms with E-state index in [1.165, 1.54) is 5.56 Å². The predicted molar refractivity (Wildman–Crippen MR) is 80.4 cm³/mol. The van der Waals surface area contributed by atoms with Crippen LogP contribution in [0.4, 0.5) is 5.69 Å². The van der Waals surface area contributed by atoms with Crippen LogP contribution in [0.15, 0.2) is 54.6 Å². The smallest absolute Gasteiger partial charge is 0.245 e. The van der Waals surface area contributed by atoms with Crippen LogP contribution >= 0.6 is 11.8 Å². The molecule has 1 atom stereocenters. The number of thioether (sulfide) groups is 1. The predicted octanol–water partition coefficient (Wildman–Crippen LogP) is 3.44. The molecule has 2 aromatic rings. The second-order valence-electron chi connectivity index (χ2n) is 4.69. The molecule has 2 nitrogen and oxygen atoms in total. The van der Waals surface area contributed by atoms with Gasteiger partial charge >= 0.3 is 0 Å². The van der Waals surface area contributed by atoms with E-state index in [0.29, 0.717) is 0 Å². The van der Waals surface area contributed by atoms with Crippen molar-refractivity contribution < 1.29 is 4.79 Å². The Kier molecular flexibility index (Phi) is 3.07. The molecular formula is C16H15NOS. The molecule has 2 aromatic carbocycles. The first-order valence-corrected chi connectivity index (χ1v) is 7.49. The first kappa shape index (κ1) is 12.3. The Balaban J connectivity index is 2.06. The average molecular weight is 269 g/mol. The number of amides is 1. The Morgan fingerprint density at radius 2 is 1.74 bits per heavy atom. The van der Waals surface area contributed by atoms with E-state index in [0.717, 1.165) is 17.7 Å². The summed E-state index contributed by atoms with van der Waals surface area (Å²) in [6, 6.07) is 18.1. The van der Waals surface area contributed by atoms with Crippen molar-refractivity contribution >= 4 is 23.4 Å². The highest BCUT2D eigenvalue weighted by Crippen LogP contribution is 2.46. The van der Waals surface area contributed by atoms with Gasteiger partial charge in [-0.1, -0.05) is 48.5 Å². The summed E-state index contributed by atoms with van der Waals surface area (Å²) in [5.74, 6) is 0.0880. The zero-order chi connectivity index (χ0) is 13.3. The van der Waals surface area contributed by atoms with Gasteiger partial charge in [0.2, 0.25) is 5.91 Å². The maximum Gasteiger partial charge on any atom is 0.245 e. The lowest BCUT2D eigenvalue weighted by molar-refractivity contribution is -0.118. The average Bonchev–Trinajstić information content (AvgIpc) is 2.73. The Bertz CT molecular complexity index is 611. The standard InChI is InChI=1S/C16H15NOS/c1-19-16(11-12-7-3-2-4-8-12)13-9-5-6-10-14(13)17-15(16)18/h2-10H,11H2,1H3,(H,17,18). The fraction of sp³-hybridized carbons (Fsp3) is 0.188. The van der Waals surface area contributed by atoms with Crippen molar-refractivity contribution in [2.75, 3.05) is 11.6 Å². The molecule has 0 aliphatic carbocycles. The molecule has 96 valence electrons. The fourth-order valence-electron chi connectivity index (χ4n) is 2.62. The minimum atomic E-state index is -0.502. The molecule has 3 heteroatoms. The molecule has 1 aliphatic heterocycles. The number of carbonyl (C=O) groups is 1. The van der Waals surface area contributed by atoms with Crippen molar-refractivity contribution in [2.24, 2.45) is 0 Å². The van der Waals surface area contributed by atoms with Gasteiger partial charge in [-0.15, -0.1) is 11.8 Å². The normalized spacial score (nSPS) is 21.0. The maximum absolute atomic E-state index is 12.5. The lowest BCUT2D eigenvalue weighted by Gasteiger charge is -2.25. The Morgan fingerprint density at radius 1 is 1.05 bits per heavy atom. The van der Waals surface area contributed by atoms with E-state index in [4.69, 9.17) is 0 Å². The molecule has 0 saturated carbocycles. The lowest BCUT2D eigenvalue weighted by atomic mass is 9.92. The molecule has 0 spiro atoms. The molecule has 1 N–H and O–H groups in total. The van der Waals surface area contributed by atoms with Crippen LogP contribution in [0.2, 0.25) is 0 Å². The van der Waals surface area contributed by atoms with Crippen LogP contribution in [-0.2, 0) is 16.0 Å². The topological polar surface area (TPSA) is 29.1 Å². The van der Waals surface area contributed by atoms with E-state index in [1.54, 1.807) is 11.8 Å². The van der Waals surface area contributed by atoms with Gasteiger partial charge in [-0.3, -0.25) is 4.79 Å². The van der Waals surface area contributed by atoms with Crippen molar-refractivity contribution in [3.8, 4) is 0 Å². The number of fused-ring (bicyclic) bond motifs is 1. The summed E-state index contributed by atoms with van der Waals surface area (Å²) in [7, 11) is 0. The van der Waals surface area contributed by atoms with Crippen LogP contribution in [0.25, 0.3) is 0 Å². The molecule has 0 bridgehead atoms. The van der Waals surface area contributed by atoms with Crippen LogP contribution in [0.5, 0.6) is 0 Å². The monoisotopic (exact) mass is 269 g/mol. The third kappa shape index (κ3) is 1.94. The minimum absolute atomic E-state index is 0.0880. The van der Waals surface area contributed by atoms with E-state index < -0.39 is 4.75 Å². The van der Waals surface area contributed by atoms with Crippen molar-refractivity contribution in [1.29, 1.82) is 0 Å². The number of rotatable bonds is 3. The summed E-state index contributed by atoms with van der Waals surface area (Å²) in [5.41, 5.74) is 3.22. The van der Waals surface area contributed by atoms with Crippen molar-refractivity contribution in [2.45, 2.75) is 11.2 Å². The summed E-state index contributed by atoms with van der Waals surface area (Å²) in [4.78, 5) is 12.5. The third-order valence-corrected chi connectivity index (χ3v) is 4.87. The van der Waals surface area contributed by atoms with E-state index in [-0.39, 0.29) is 5.91 Å².